The normalized spacial score (nSPS) is 11.6. The molecule has 0 aliphatic carbocycles. The van der Waals surface area contributed by atoms with Crippen molar-refractivity contribution in [2.24, 2.45) is 7.05 Å². The number of fused-ring (bicyclic) bond motifs is 1. The first-order valence-electron chi connectivity index (χ1n) is 11.6. The van der Waals surface area contributed by atoms with Crippen molar-refractivity contribution in [3.05, 3.63) is 127 Å². The standard InChI is InChI=1S/C28H23N3O6S/c1-18-14-16-22(17-15-18)38(35,36)37-24-19(2)26(32)29(3)25-23(24)27(33)31(21-12-8-5-9-13-21)28(34)30(25)20-10-6-4-7-11-20/h4-17H,1-3H3. The molecule has 0 saturated heterocycles. The number of hydrogen-bond acceptors (Lipinski definition) is 6. The van der Waals surface area contributed by atoms with Gasteiger partial charge in [-0.3, -0.25) is 14.2 Å². The third-order valence-corrected chi connectivity index (χ3v) is 7.51. The lowest BCUT2D eigenvalue weighted by Gasteiger charge is -2.19. The minimum absolute atomic E-state index is 0.0920. The van der Waals surface area contributed by atoms with Crippen LogP contribution in [-0.4, -0.2) is 22.1 Å². The van der Waals surface area contributed by atoms with Gasteiger partial charge in [0.15, 0.2) is 5.75 Å². The molecule has 5 rings (SSSR count). The lowest BCUT2D eigenvalue weighted by Crippen LogP contribution is -2.41. The zero-order valence-electron chi connectivity index (χ0n) is 20.8. The van der Waals surface area contributed by atoms with Crippen LogP contribution in [0.4, 0.5) is 0 Å². The molecule has 0 saturated carbocycles. The highest BCUT2D eigenvalue weighted by Gasteiger charge is 2.28. The highest BCUT2D eigenvalue weighted by atomic mass is 32.2. The van der Waals surface area contributed by atoms with Gasteiger partial charge in [-0.25, -0.2) is 13.9 Å². The fourth-order valence-electron chi connectivity index (χ4n) is 4.33. The maximum Gasteiger partial charge on any atom is 0.341 e. The van der Waals surface area contributed by atoms with Crippen LogP contribution in [-0.2, 0) is 17.2 Å². The number of benzene rings is 3. The van der Waals surface area contributed by atoms with Crippen LogP contribution in [0.5, 0.6) is 5.75 Å². The lowest BCUT2D eigenvalue weighted by atomic mass is 10.2. The zero-order valence-corrected chi connectivity index (χ0v) is 21.6. The Morgan fingerprint density at radius 2 is 1.21 bits per heavy atom. The van der Waals surface area contributed by atoms with Crippen LogP contribution in [0.3, 0.4) is 0 Å². The number of aryl methyl sites for hydroxylation is 2. The number of hydrogen-bond donors (Lipinski definition) is 0. The summed E-state index contributed by atoms with van der Waals surface area (Å²) in [6.45, 7) is 3.19. The molecule has 0 amide bonds. The topological polar surface area (TPSA) is 109 Å². The van der Waals surface area contributed by atoms with Crippen molar-refractivity contribution in [3.63, 3.8) is 0 Å². The van der Waals surface area contributed by atoms with Gasteiger partial charge in [-0.15, -0.1) is 0 Å². The van der Waals surface area contributed by atoms with E-state index in [0.29, 0.717) is 5.69 Å². The first kappa shape index (κ1) is 25.0. The molecule has 5 aromatic rings. The number of para-hydroxylation sites is 2. The van der Waals surface area contributed by atoms with Gasteiger partial charge in [0.1, 0.15) is 15.9 Å². The highest BCUT2D eigenvalue weighted by Crippen LogP contribution is 2.28. The zero-order chi connectivity index (χ0) is 27.2. The van der Waals surface area contributed by atoms with Gasteiger partial charge < -0.3 is 4.18 Å². The smallest absolute Gasteiger partial charge is 0.341 e. The molecule has 0 aliphatic heterocycles. The summed E-state index contributed by atoms with van der Waals surface area (Å²) in [5.41, 5.74) is -0.869. The maximum atomic E-state index is 14.0. The molecule has 0 unspecified atom stereocenters. The largest absolute Gasteiger partial charge is 0.377 e. The van der Waals surface area contributed by atoms with Crippen LogP contribution in [0.25, 0.3) is 22.4 Å². The Morgan fingerprint density at radius 3 is 1.76 bits per heavy atom. The van der Waals surface area contributed by atoms with Crippen molar-refractivity contribution >= 4 is 21.2 Å². The van der Waals surface area contributed by atoms with Crippen LogP contribution >= 0.6 is 0 Å². The summed E-state index contributed by atoms with van der Waals surface area (Å²) in [6.07, 6.45) is 0. The van der Waals surface area contributed by atoms with Crippen LogP contribution in [0.15, 0.2) is 104 Å². The third kappa shape index (κ3) is 4.04. The molecule has 0 aliphatic rings. The Kier molecular flexibility index (Phi) is 6.12. The highest BCUT2D eigenvalue weighted by molar-refractivity contribution is 7.87. The predicted octanol–water partition coefficient (Wildman–Crippen LogP) is 3.22. The van der Waals surface area contributed by atoms with Gasteiger partial charge in [0.25, 0.3) is 11.1 Å². The molecular weight excluding hydrogens is 506 g/mol. The average molecular weight is 530 g/mol. The van der Waals surface area contributed by atoms with Gasteiger partial charge in [0, 0.05) is 7.05 Å². The molecule has 0 radical (unpaired) electrons. The van der Waals surface area contributed by atoms with Crippen LogP contribution in [0.1, 0.15) is 11.1 Å². The van der Waals surface area contributed by atoms with E-state index in [1.54, 1.807) is 72.8 Å². The summed E-state index contributed by atoms with van der Waals surface area (Å²) in [7, 11) is -3.02. The Morgan fingerprint density at radius 1 is 0.684 bits per heavy atom. The van der Waals surface area contributed by atoms with Crippen molar-refractivity contribution < 1.29 is 12.6 Å². The number of pyridine rings is 1. The maximum absolute atomic E-state index is 14.0. The first-order chi connectivity index (χ1) is 18.1. The van der Waals surface area contributed by atoms with E-state index in [4.69, 9.17) is 4.18 Å². The minimum Gasteiger partial charge on any atom is -0.377 e. The fourth-order valence-corrected chi connectivity index (χ4v) is 5.32. The molecule has 9 nitrogen and oxygen atoms in total. The lowest BCUT2D eigenvalue weighted by molar-refractivity contribution is 0.485. The van der Waals surface area contributed by atoms with Crippen LogP contribution in [0.2, 0.25) is 0 Å². The van der Waals surface area contributed by atoms with Crippen molar-refractivity contribution in [2.45, 2.75) is 18.7 Å². The van der Waals surface area contributed by atoms with Crippen molar-refractivity contribution in [3.8, 4) is 17.1 Å². The molecular formula is C28H23N3O6S. The van der Waals surface area contributed by atoms with Gasteiger partial charge in [-0.1, -0.05) is 54.1 Å². The number of nitrogens with zero attached hydrogens (tertiary/aromatic N) is 3. The number of rotatable bonds is 5. The van der Waals surface area contributed by atoms with E-state index < -0.39 is 32.7 Å². The van der Waals surface area contributed by atoms with Gasteiger partial charge in [0.05, 0.1) is 16.9 Å². The molecule has 38 heavy (non-hydrogen) atoms. The van der Waals surface area contributed by atoms with Gasteiger partial charge in [0.2, 0.25) is 0 Å². The summed E-state index contributed by atoms with van der Waals surface area (Å²) in [6, 6.07) is 22.7. The van der Waals surface area contributed by atoms with Crippen LogP contribution < -0.4 is 21.0 Å². The molecule has 0 atom stereocenters. The quantitative estimate of drug-likeness (QED) is 0.324. The Bertz CT molecular complexity index is 1970. The molecule has 2 heterocycles. The summed E-state index contributed by atoms with van der Waals surface area (Å²) in [5.74, 6) is -0.428. The average Bonchev–Trinajstić information content (AvgIpc) is 2.91. The van der Waals surface area contributed by atoms with E-state index >= 15 is 0 Å². The van der Waals surface area contributed by atoms with Crippen molar-refractivity contribution in [2.75, 3.05) is 0 Å². The molecule has 3 aromatic carbocycles. The molecule has 0 bridgehead atoms. The van der Waals surface area contributed by atoms with Gasteiger partial charge in [-0.05, 0) is 50.2 Å². The molecule has 192 valence electrons. The first-order valence-corrected chi connectivity index (χ1v) is 13.1. The van der Waals surface area contributed by atoms with E-state index in [9.17, 15) is 22.8 Å². The predicted molar refractivity (Wildman–Crippen MR) is 144 cm³/mol. The van der Waals surface area contributed by atoms with Gasteiger partial charge in [-0.2, -0.15) is 8.42 Å². The molecule has 2 aromatic heterocycles. The van der Waals surface area contributed by atoms with E-state index in [1.807, 2.05) is 6.92 Å². The Labute approximate surface area is 217 Å². The van der Waals surface area contributed by atoms with Crippen molar-refractivity contribution in [1.82, 2.24) is 13.7 Å². The molecule has 0 N–H and O–H groups in total. The van der Waals surface area contributed by atoms with E-state index in [2.05, 4.69) is 0 Å². The second-order valence-electron chi connectivity index (χ2n) is 8.80. The second kappa shape index (κ2) is 9.31. The van der Waals surface area contributed by atoms with E-state index in [0.717, 1.165) is 14.7 Å². The Hall–Kier alpha value is -4.70. The summed E-state index contributed by atoms with van der Waals surface area (Å²) in [4.78, 5) is 41.0. The summed E-state index contributed by atoms with van der Waals surface area (Å²) < 4.78 is 35.4. The minimum atomic E-state index is -4.44. The van der Waals surface area contributed by atoms with E-state index in [-0.39, 0.29) is 27.2 Å². The Balaban J connectivity index is 1.96. The fraction of sp³-hybridized carbons (Fsp3) is 0.107. The van der Waals surface area contributed by atoms with Crippen LogP contribution in [0, 0.1) is 13.8 Å². The summed E-state index contributed by atoms with van der Waals surface area (Å²) in [5, 5.41) is -0.229. The van der Waals surface area contributed by atoms with Gasteiger partial charge >= 0.3 is 15.8 Å². The second-order valence-corrected chi connectivity index (χ2v) is 10.3. The summed E-state index contributed by atoms with van der Waals surface area (Å²) >= 11 is 0. The monoisotopic (exact) mass is 529 g/mol. The van der Waals surface area contributed by atoms with E-state index in [1.165, 1.54) is 30.7 Å². The molecule has 10 heteroatoms. The third-order valence-electron chi connectivity index (χ3n) is 6.28. The molecule has 0 spiro atoms. The number of aromatic nitrogens is 3. The molecule has 0 fully saturated rings. The SMILES string of the molecule is Cc1ccc(S(=O)(=O)Oc2c(C)c(=O)n(C)c3c2c(=O)n(-c2ccccc2)c(=O)n3-c2ccccc2)cc1. The van der Waals surface area contributed by atoms with Crippen molar-refractivity contribution in [1.29, 1.82) is 0 Å².